The minimum Gasteiger partial charge on any atom is -0.493 e. The zero-order valence-corrected chi connectivity index (χ0v) is 18.6. The first kappa shape index (κ1) is 22.5. The lowest BCUT2D eigenvalue weighted by atomic mass is 10.1. The first-order valence-corrected chi connectivity index (χ1v) is 10.0. The van der Waals surface area contributed by atoms with Gasteiger partial charge in [0.2, 0.25) is 5.91 Å². The molecule has 3 rings (SSSR count). The third kappa shape index (κ3) is 4.95. The number of rotatable bonds is 7. The molecule has 0 spiro atoms. The highest BCUT2D eigenvalue weighted by molar-refractivity contribution is 6.39. The highest BCUT2D eigenvalue weighted by Crippen LogP contribution is 2.34. The van der Waals surface area contributed by atoms with E-state index in [0.717, 1.165) is 0 Å². The first-order valence-electron chi connectivity index (χ1n) is 9.26. The van der Waals surface area contributed by atoms with E-state index in [4.69, 9.17) is 37.4 Å². The van der Waals surface area contributed by atoms with Crippen LogP contribution in [0.1, 0.15) is 23.0 Å². The molecule has 1 aromatic heterocycles. The molecular weight excluding hydrogens is 443 g/mol. The molecule has 9 heteroatoms. The molecule has 0 fully saturated rings. The molecule has 0 bridgehead atoms. The standard InChI is InChI=1S/C22H20Cl2N2O5/c1-4-31-22(28)21-14(20-15(24)9-12(23)10-16(20)26-21)6-8-19(27)25-13-5-7-17(29-2)18(11-13)30-3/h5-11,26H,4H2,1-3H3,(H,25,27)/b8-6+. The van der Waals surface area contributed by atoms with E-state index in [0.29, 0.717) is 43.7 Å². The van der Waals surface area contributed by atoms with Gasteiger partial charge < -0.3 is 24.5 Å². The minimum absolute atomic E-state index is 0.177. The zero-order valence-electron chi connectivity index (χ0n) is 17.0. The van der Waals surface area contributed by atoms with Crippen molar-refractivity contribution in [2.45, 2.75) is 6.92 Å². The lowest BCUT2D eigenvalue weighted by Crippen LogP contribution is -2.09. The SMILES string of the molecule is CCOC(=O)c1[nH]c2cc(Cl)cc(Cl)c2c1/C=C/C(=O)Nc1ccc(OC)c(OC)c1. The second-order valence-electron chi connectivity index (χ2n) is 6.34. The molecule has 0 aliphatic carbocycles. The Hall–Kier alpha value is -3.16. The van der Waals surface area contributed by atoms with E-state index in [1.165, 1.54) is 26.4 Å². The summed E-state index contributed by atoms with van der Waals surface area (Å²) in [6.45, 7) is 1.90. The highest BCUT2D eigenvalue weighted by Gasteiger charge is 2.20. The fourth-order valence-corrected chi connectivity index (χ4v) is 3.66. The van der Waals surface area contributed by atoms with E-state index in [1.54, 1.807) is 37.3 Å². The van der Waals surface area contributed by atoms with Gasteiger partial charge in [-0.25, -0.2) is 4.79 Å². The number of hydrogen-bond donors (Lipinski definition) is 2. The lowest BCUT2D eigenvalue weighted by molar-refractivity contribution is -0.111. The number of esters is 1. The maximum absolute atomic E-state index is 12.5. The van der Waals surface area contributed by atoms with Gasteiger partial charge in [0, 0.05) is 39.3 Å². The molecule has 2 N–H and O–H groups in total. The van der Waals surface area contributed by atoms with Crippen molar-refractivity contribution in [1.82, 2.24) is 4.98 Å². The number of halogens is 2. The van der Waals surface area contributed by atoms with Crippen LogP contribution in [0.15, 0.2) is 36.4 Å². The van der Waals surface area contributed by atoms with Crippen molar-refractivity contribution in [3.8, 4) is 11.5 Å². The molecule has 0 radical (unpaired) electrons. The van der Waals surface area contributed by atoms with Crippen LogP contribution < -0.4 is 14.8 Å². The molecule has 0 unspecified atom stereocenters. The largest absolute Gasteiger partial charge is 0.493 e. The zero-order chi connectivity index (χ0) is 22.5. The van der Waals surface area contributed by atoms with Gasteiger partial charge in [-0.15, -0.1) is 0 Å². The average Bonchev–Trinajstić information content (AvgIpc) is 3.11. The van der Waals surface area contributed by atoms with Crippen LogP contribution in [-0.2, 0) is 9.53 Å². The molecule has 162 valence electrons. The van der Waals surface area contributed by atoms with Gasteiger partial charge in [0.15, 0.2) is 11.5 Å². The molecule has 0 saturated heterocycles. The van der Waals surface area contributed by atoms with Crippen LogP contribution in [0.3, 0.4) is 0 Å². The number of nitrogens with one attached hydrogen (secondary N) is 2. The van der Waals surface area contributed by atoms with Crippen LogP contribution in [0, 0.1) is 0 Å². The maximum atomic E-state index is 12.5. The molecular formula is C22H20Cl2N2O5. The highest BCUT2D eigenvalue weighted by atomic mass is 35.5. The summed E-state index contributed by atoms with van der Waals surface area (Å²) in [5.41, 5.74) is 1.68. The summed E-state index contributed by atoms with van der Waals surface area (Å²) in [4.78, 5) is 27.9. The van der Waals surface area contributed by atoms with Crippen LogP contribution in [0.25, 0.3) is 17.0 Å². The molecule has 1 amide bonds. The summed E-state index contributed by atoms with van der Waals surface area (Å²) < 4.78 is 15.5. The fraction of sp³-hybridized carbons (Fsp3) is 0.182. The summed E-state index contributed by atoms with van der Waals surface area (Å²) in [6.07, 6.45) is 2.80. The topological polar surface area (TPSA) is 89.7 Å². The normalized spacial score (nSPS) is 11.0. The Kier molecular flexibility index (Phi) is 7.09. The molecule has 2 aromatic carbocycles. The Morgan fingerprint density at radius 2 is 1.84 bits per heavy atom. The second kappa shape index (κ2) is 9.76. The van der Waals surface area contributed by atoms with E-state index in [2.05, 4.69) is 10.3 Å². The molecule has 7 nitrogen and oxygen atoms in total. The number of amides is 1. The Morgan fingerprint density at radius 1 is 1.10 bits per heavy atom. The van der Waals surface area contributed by atoms with Gasteiger partial charge in [0.1, 0.15) is 5.69 Å². The maximum Gasteiger partial charge on any atom is 0.355 e. The van der Waals surface area contributed by atoms with Gasteiger partial charge >= 0.3 is 5.97 Å². The summed E-state index contributed by atoms with van der Waals surface area (Å²) >= 11 is 12.4. The van der Waals surface area contributed by atoms with E-state index < -0.39 is 11.9 Å². The van der Waals surface area contributed by atoms with Crippen molar-refractivity contribution in [3.63, 3.8) is 0 Å². The quantitative estimate of drug-likeness (QED) is 0.366. The number of anilines is 1. The summed E-state index contributed by atoms with van der Waals surface area (Å²) in [5.74, 6) is 0.0451. The molecule has 0 saturated carbocycles. The minimum atomic E-state index is -0.564. The van der Waals surface area contributed by atoms with E-state index in [-0.39, 0.29) is 12.3 Å². The number of carbonyl (C=O) groups excluding carboxylic acids is 2. The van der Waals surface area contributed by atoms with Crippen molar-refractivity contribution in [2.75, 3.05) is 26.1 Å². The van der Waals surface area contributed by atoms with Crippen LogP contribution in [0.2, 0.25) is 10.0 Å². The van der Waals surface area contributed by atoms with Crippen molar-refractivity contribution >= 4 is 57.7 Å². The second-order valence-corrected chi connectivity index (χ2v) is 7.18. The number of methoxy groups -OCH3 is 2. The number of carbonyl (C=O) groups is 2. The Labute approximate surface area is 188 Å². The van der Waals surface area contributed by atoms with Crippen molar-refractivity contribution in [3.05, 3.63) is 57.7 Å². The van der Waals surface area contributed by atoms with Gasteiger partial charge in [0.05, 0.1) is 25.8 Å². The van der Waals surface area contributed by atoms with Crippen LogP contribution in [-0.4, -0.2) is 37.7 Å². The number of fused-ring (bicyclic) bond motifs is 1. The van der Waals surface area contributed by atoms with Gasteiger partial charge in [-0.2, -0.15) is 0 Å². The van der Waals surface area contributed by atoms with Crippen LogP contribution in [0.4, 0.5) is 5.69 Å². The Bertz CT molecular complexity index is 1170. The first-order chi connectivity index (χ1) is 14.9. The average molecular weight is 463 g/mol. The molecule has 31 heavy (non-hydrogen) atoms. The number of hydrogen-bond acceptors (Lipinski definition) is 5. The summed E-state index contributed by atoms with van der Waals surface area (Å²) in [6, 6.07) is 8.21. The summed E-state index contributed by atoms with van der Waals surface area (Å²) in [7, 11) is 3.03. The molecule has 1 heterocycles. The number of aromatic nitrogens is 1. The summed E-state index contributed by atoms with van der Waals surface area (Å²) in [5, 5.41) is 4.05. The molecule has 0 aliphatic heterocycles. The third-order valence-electron chi connectivity index (χ3n) is 4.39. The van der Waals surface area contributed by atoms with E-state index >= 15 is 0 Å². The number of benzene rings is 2. The van der Waals surface area contributed by atoms with Gasteiger partial charge in [-0.05, 0) is 37.3 Å². The third-order valence-corrected chi connectivity index (χ3v) is 4.90. The van der Waals surface area contributed by atoms with Crippen molar-refractivity contribution in [1.29, 1.82) is 0 Å². The number of ether oxygens (including phenoxy) is 3. The predicted octanol–water partition coefficient (Wildman–Crippen LogP) is 5.32. The van der Waals surface area contributed by atoms with Gasteiger partial charge in [0.25, 0.3) is 0 Å². The Balaban J connectivity index is 1.93. The number of aromatic amines is 1. The van der Waals surface area contributed by atoms with Gasteiger partial charge in [-0.1, -0.05) is 23.2 Å². The van der Waals surface area contributed by atoms with Crippen LogP contribution in [0.5, 0.6) is 11.5 Å². The fourth-order valence-electron chi connectivity index (χ4n) is 3.06. The van der Waals surface area contributed by atoms with E-state index in [1.807, 2.05) is 0 Å². The lowest BCUT2D eigenvalue weighted by Gasteiger charge is -2.09. The molecule has 0 atom stereocenters. The molecule has 0 aliphatic rings. The predicted molar refractivity (Wildman–Crippen MR) is 121 cm³/mol. The molecule has 3 aromatic rings. The van der Waals surface area contributed by atoms with Gasteiger partial charge in [-0.3, -0.25) is 4.79 Å². The monoisotopic (exact) mass is 462 g/mol. The Morgan fingerprint density at radius 3 is 2.52 bits per heavy atom. The van der Waals surface area contributed by atoms with Crippen molar-refractivity contribution in [2.24, 2.45) is 0 Å². The number of H-pyrrole nitrogens is 1. The van der Waals surface area contributed by atoms with E-state index in [9.17, 15) is 9.59 Å². The van der Waals surface area contributed by atoms with Crippen molar-refractivity contribution < 1.29 is 23.8 Å². The van der Waals surface area contributed by atoms with Crippen LogP contribution >= 0.6 is 23.2 Å². The smallest absolute Gasteiger partial charge is 0.355 e.